The van der Waals surface area contributed by atoms with Gasteiger partial charge in [0.25, 0.3) is 5.69 Å². The van der Waals surface area contributed by atoms with Crippen LogP contribution in [0.3, 0.4) is 0 Å². The molecule has 114 valence electrons. The van der Waals surface area contributed by atoms with E-state index < -0.39 is 16.9 Å². The molecule has 0 spiro atoms. The molecule has 7 heteroatoms. The summed E-state index contributed by atoms with van der Waals surface area (Å²) in [6.45, 7) is 4.86. The van der Waals surface area contributed by atoms with Gasteiger partial charge in [-0.1, -0.05) is 13.0 Å². The van der Waals surface area contributed by atoms with E-state index in [1.165, 1.54) is 6.07 Å². The van der Waals surface area contributed by atoms with Gasteiger partial charge in [-0.25, -0.2) is 0 Å². The minimum absolute atomic E-state index is 0.00531. The fourth-order valence-electron chi connectivity index (χ4n) is 2.66. The normalized spacial score (nSPS) is 17.4. The Kier molecular flexibility index (Phi) is 4.87. The Balaban J connectivity index is 2.41. The second kappa shape index (κ2) is 6.64. The third-order valence-electron chi connectivity index (χ3n) is 3.72. The zero-order valence-electron chi connectivity index (χ0n) is 12.0. The second-order valence-electron chi connectivity index (χ2n) is 5.13. The van der Waals surface area contributed by atoms with Crippen LogP contribution in [0.4, 0.5) is 5.69 Å². The minimum atomic E-state index is -0.614. The Labute approximate surface area is 123 Å². The number of nitrogens with one attached hydrogen (secondary N) is 1. The number of nitrogens with zero attached hydrogens (tertiary/aromatic N) is 2. The summed E-state index contributed by atoms with van der Waals surface area (Å²) in [4.78, 5) is 24.5. The average molecular weight is 292 g/mol. The Hall–Kier alpha value is -1.99. The van der Waals surface area contributed by atoms with Crippen molar-refractivity contribution in [2.45, 2.75) is 19.4 Å². The summed E-state index contributed by atoms with van der Waals surface area (Å²) >= 11 is 0. The standard InChI is InChI=1S/C14H20N4O3/c1-2-10-7-11(9-12(8-10)18(20)21)13(14(15)19)17-5-3-16-4-6-17/h7-9,13,16H,2-6H2,1H3,(H2,15,19). The van der Waals surface area contributed by atoms with E-state index in [4.69, 9.17) is 5.73 Å². The smallest absolute Gasteiger partial charge is 0.270 e. The lowest BCUT2D eigenvalue weighted by molar-refractivity contribution is -0.385. The quantitative estimate of drug-likeness (QED) is 0.611. The highest BCUT2D eigenvalue weighted by Crippen LogP contribution is 2.26. The van der Waals surface area contributed by atoms with Crippen molar-refractivity contribution < 1.29 is 9.72 Å². The van der Waals surface area contributed by atoms with Crippen molar-refractivity contribution in [1.29, 1.82) is 0 Å². The zero-order valence-corrected chi connectivity index (χ0v) is 12.0. The van der Waals surface area contributed by atoms with Gasteiger partial charge in [-0.2, -0.15) is 0 Å². The van der Waals surface area contributed by atoms with Gasteiger partial charge in [0.15, 0.2) is 0 Å². The van der Waals surface area contributed by atoms with Crippen molar-refractivity contribution in [1.82, 2.24) is 10.2 Å². The number of carbonyl (C=O) groups excluding carboxylic acids is 1. The van der Waals surface area contributed by atoms with Crippen LogP contribution in [-0.4, -0.2) is 41.9 Å². The van der Waals surface area contributed by atoms with Gasteiger partial charge in [-0.05, 0) is 17.5 Å². The lowest BCUT2D eigenvalue weighted by Crippen LogP contribution is -2.48. The number of hydrogen-bond acceptors (Lipinski definition) is 5. The van der Waals surface area contributed by atoms with Crippen molar-refractivity contribution in [3.8, 4) is 0 Å². The molecule has 0 aromatic heterocycles. The van der Waals surface area contributed by atoms with Gasteiger partial charge < -0.3 is 11.1 Å². The highest BCUT2D eigenvalue weighted by molar-refractivity contribution is 5.81. The van der Waals surface area contributed by atoms with Gasteiger partial charge in [0, 0.05) is 38.3 Å². The monoisotopic (exact) mass is 292 g/mol. The van der Waals surface area contributed by atoms with E-state index in [0.29, 0.717) is 25.1 Å². The van der Waals surface area contributed by atoms with Crippen LogP contribution in [-0.2, 0) is 11.2 Å². The van der Waals surface area contributed by atoms with Gasteiger partial charge >= 0.3 is 0 Å². The van der Waals surface area contributed by atoms with Crippen LogP contribution in [0.15, 0.2) is 18.2 Å². The number of nitrogens with two attached hydrogens (primary N) is 1. The van der Waals surface area contributed by atoms with E-state index >= 15 is 0 Å². The second-order valence-corrected chi connectivity index (χ2v) is 5.13. The molecule has 1 unspecified atom stereocenters. The van der Waals surface area contributed by atoms with Crippen LogP contribution in [0.25, 0.3) is 0 Å². The van der Waals surface area contributed by atoms with E-state index in [1.807, 2.05) is 17.9 Å². The molecule has 0 bridgehead atoms. The fourth-order valence-corrected chi connectivity index (χ4v) is 2.66. The number of nitro groups is 1. The molecule has 1 fully saturated rings. The predicted molar refractivity (Wildman–Crippen MR) is 78.9 cm³/mol. The summed E-state index contributed by atoms with van der Waals surface area (Å²) < 4.78 is 0. The molecule has 1 atom stereocenters. The van der Waals surface area contributed by atoms with Crippen LogP contribution in [0, 0.1) is 10.1 Å². The maximum Gasteiger partial charge on any atom is 0.270 e. The van der Waals surface area contributed by atoms with Crippen LogP contribution in [0.2, 0.25) is 0 Å². The van der Waals surface area contributed by atoms with Crippen molar-refractivity contribution in [2.75, 3.05) is 26.2 Å². The summed E-state index contributed by atoms with van der Waals surface area (Å²) in [5, 5.41) is 14.3. The number of benzene rings is 1. The van der Waals surface area contributed by atoms with Crippen LogP contribution in [0.1, 0.15) is 24.1 Å². The maximum absolute atomic E-state index is 11.9. The summed E-state index contributed by atoms with van der Waals surface area (Å²) in [5.74, 6) is -0.473. The number of aryl methyl sites for hydroxylation is 1. The SMILES string of the molecule is CCc1cc(C(C(N)=O)N2CCNCC2)cc([N+](=O)[O-])c1. The molecule has 1 aromatic rings. The minimum Gasteiger partial charge on any atom is -0.368 e. The molecule has 3 N–H and O–H groups in total. The fraction of sp³-hybridized carbons (Fsp3) is 0.500. The lowest BCUT2D eigenvalue weighted by atomic mass is 9.99. The van der Waals surface area contributed by atoms with Gasteiger partial charge in [0.05, 0.1) is 4.92 Å². The largest absolute Gasteiger partial charge is 0.368 e. The number of amides is 1. The molecule has 1 aliphatic rings. The number of nitro benzene ring substituents is 1. The molecule has 1 saturated heterocycles. The third kappa shape index (κ3) is 3.56. The number of rotatable bonds is 5. The molecule has 0 aliphatic carbocycles. The molecule has 1 aromatic carbocycles. The molecule has 21 heavy (non-hydrogen) atoms. The highest BCUT2D eigenvalue weighted by Gasteiger charge is 2.28. The van der Waals surface area contributed by atoms with Crippen molar-refractivity contribution in [3.05, 3.63) is 39.4 Å². The molecule has 0 radical (unpaired) electrons. The summed E-state index contributed by atoms with van der Waals surface area (Å²) in [6, 6.07) is 4.22. The van der Waals surface area contributed by atoms with E-state index in [9.17, 15) is 14.9 Å². The van der Waals surface area contributed by atoms with Crippen LogP contribution < -0.4 is 11.1 Å². The average Bonchev–Trinajstić information content (AvgIpc) is 2.47. The first-order valence-electron chi connectivity index (χ1n) is 7.05. The van der Waals surface area contributed by atoms with Gasteiger partial charge in [0.2, 0.25) is 5.91 Å². The molecular formula is C14H20N4O3. The number of piperazine rings is 1. The Morgan fingerprint density at radius 1 is 1.43 bits per heavy atom. The Morgan fingerprint density at radius 3 is 2.62 bits per heavy atom. The van der Waals surface area contributed by atoms with E-state index in [0.717, 1.165) is 18.7 Å². The first-order valence-corrected chi connectivity index (χ1v) is 7.05. The van der Waals surface area contributed by atoms with Crippen molar-refractivity contribution in [2.24, 2.45) is 5.73 Å². The number of hydrogen-bond donors (Lipinski definition) is 2. The lowest BCUT2D eigenvalue weighted by Gasteiger charge is -2.33. The highest BCUT2D eigenvalue weighted by atomic mass is 16.6. The number of carbonyl (C=O) groups is 1. The molecule has 1 amide bonds. The predicted octanol–water partition coefficient (Wildman–Crippen LogP) is 0.589. The summed E-state index contributed by atoms with van der Waals surface area (Å²) in [7, 11) is 0. The Bertz CT molecular complexity index is 541. The first-order chi connectivity index (χ1) is 10.0. The van der Waals surface area contributed by atoms with E-state index in [-0.39, 0.29) is 5.69 Å². The topological polar surface area (TPSA) is 102 Å². The molecule has 0 saturated carbocycles. The van der Waals surface area contributed by atoms with Gasteiger partial charge in [0.1, 0.15) is 6.04 Å². The van der Waals surface area contributed by atoms with Crippen molar-refractivity contribution in [3.63, 3.8) is 0 Å². The molecule has 1 aliphatic heterocycles. The third-order valence-corrected chi connectivity index (χ3v) is 3.72. The number of primary amides is 1. The van der Waals surface area contributed by atoms with Gasteiger partial charge in [-0.15, -0.1) is 0 Å². The molecule has 2 rings (SSSR count). The van der Waals surface area contributed by atoms with Gasteiger partial charge in [-0.3, -0.25) is 19.8 Å². The Morgan fingerprint density at radius 2 is 2.10 bits per heavy atom. The van der Waals surface area contributed by atoms with Crippen LogP contribution in [0.5, 0.6) is 0 Å². The summed E-state index contributed by atoms with van der Waals surface area (Å²) in [6.07, 6.45) is 0.668. The van der Waals surface area contributed by atoms with Crippen LogP contribution >= 0.6 is 0 Å². The van der Waals surface area contributed by atoms with E-state index in [2.05, 4.69) is 5.32 Å². The number of non-ortho nitro benzene ring substituents is 1. The molecule has 1 heterocycles. The summed E-state index contributed by atoms with van der Waals surface area (Å²) in [5.41, 5.74) is 6.99. The van der Waals surface area contributed by atoms with E-state index in [1.54, 1.807) is 6.07 Å². The molecule has 7 nitrogen and oxygen atoms in total. The first kappa shape index (κ1) is 15.4. The zero-order chi connectivity index (χ0) is 15.4. The van der Waals surface area contributed by atoms with Crippen molar-refractivity contribution >= 4 is 11.6 Å². The molecular weight excluding hydrogens is 272 g/mol. The maximum atomic E-state index is 11.9.